The average molecular weight is 284 g/mol. The SMILES string of the molecule is COc1ccc2ccccc2c1Sc1ccc(F)cc1. The maximum absolute atomic E-state index is 13.0. The third kappa shape index (κ3) is 2.49. The number of fused-ring (bicyclic) bond motifs is 1. The van der Waals surface area contributed by atoms with Gasteiger partial charge in [0, 0.05) is 4.90 Å². The number of hydrogen-bond donors (Lipinski definition) is 0. The van der Waals surface area contributed by atoms with E-state index >= 15 is 0 Å². The number of benzene rings is 3. The average Bonchev–Trinajstić information content (AvgIpc) is 2.50. The van der Waals surface area contributed by atoms with Gasteiger partial charge in [0.25, 0.3) is 0 Å². The lowest BCUT2D eigenvalue weighted by molar-refractivity contribution is 0.406. The quantitative estimate of drug-likeness (QED) is 0.658. The summed E-state index contributed by atoms with van der Waals surface area (Å²) < 4.78 is 18.4. The zero-order valence-corrected chi connectivity index (χ0v) is 11.8. The highest BCUT2D eigenvalue weighted by molar-refractivity contribution is 7.99. The van der Waals surface area contributed by atoms with E-state index in [0.29, 0.717) is 0 Å². The highest BCUT2D eigenvalue weighted by atomic mass is 32.2. The monoisotopic (exact) mass is 284 g/mol. The number of halogens is 1. The van der Waals surface area contributed by atoms with Gasteiger partial charge in [-0.3, -0.25) is 0 Å². The molecule has 20 heavy (non-hydrogen) atoms. The number of ether oxygens (including phenoxy) is 1. The molecule has 0 saturated carbocycles. The topological polar surface area (TPSA) is 9.23 Å². The Bertz CT molecular complexity index is 738. The van der Waals surface area contributed by atoms with E-state index in [2.05, 4.69) is 12.1 Å². The Balaban J connectivity index is 2.11. The zero-order valence-electron chi connectivity index (χ0n) is 11.0. The highest BCUT2D eigenvalue weighted by Gasteiger charge is 2.09. The normalized spacial score (nSPS) is 10.7. The Kier molecular flexibility index (Phi) is 3.61. The minimum absolute atomic E-state index is 0.223. The molecule has 0 fully saturated rings. The molecule has 0 heterocycles. The third-order valence-corrected chi connectivity index (χ3v) is 4.23. The molecule has 0 saturated heterocycles. The lowest BCUT2D eigenvalue weighted by atomic mass is 10.1. The van der Waals surface area contributed by atoms with Crippen LogP contribution in [-0.4, -0.2) is 7.11 Å². The van der Waals surface area contributed by atoms with E-state index in [0.717, 1.165) is 26.3 Å². The van der Waals surface area contributed by atoms with Crippen LogP contribution in [0, 0.1) is 5.82 Å². The van der Waals surface area contributed by atoms with Crippen molar-refractivity contribution in [1.29, 1.82) is 0 Å². The van der Waals surface area contributed by atoms with Crippen molar-refractivity contribution in [3.63, 3.8) is 0 Å². The Morgan fingerprint density at radius 1 is 0.900 bits per heavy atom. The molecule has 0 N–H and O–H groups in total. The highest BCUT2D eigenvalue weighted by Crippen LogP contribution is 2.40. The Morgan fingerprint density at radius 3 is 2.40 bits per heavy atom. The fraction of sp³-hybridized carbons (Fsp3) is 0.0588. The van der Waals surface area contributed by atoms with Crippen molar-refractivity contribution in [2.75, 3.05) is 7.11 Å². The second kappa shape index (κ2) is 5.55. The van der Waals surface area contributed by atoms with Gasteiger partial charge >= 0.3 is 0 Å². The Labute approximate surface area is 121 Å². The van der Waals surface area contributed by atoms with Crippen molar-refractivity contribution in [1.82, 2.24) is 0 Å². The van der Waals surface area contributed by atoms with Gasteiger partial charge in [-0.05, 0) is 41.1 Å². The second-order valence-corrected chi connectivity index (χ2v) is 5.46. The van der Waals surface area contributed by atoms with Crippen molar-refractivity contribution >= 4 is 22.5 Å². The van der Waals surface area contributed by atoms with Gasteiger partial charge in [-0.15, -0.1) is 0 Å². The smallest absolute Gasteiger partial charge is 0.133 e. The van der Waals surface area contributed by atoms with Gasteiger partial charge in [-0.1, -0.05) is 42.1 Å². The number of rotatable bonds is 3. The molecule has 0 aliphatic heterocycles. The molecule has 0 radical (unpaired) electrons. The van der Waals surface area contributed by atoms with Crippen LogP contribution < -0.4 is 4.74 Å². The molecule has 3 rings (SSSR count). The van der Waals surface area contributed by atoms with E-state index in [1.807, 2.05) is 24.3 Å². The summed E-state index contributed by atoms with van der Waals surface area (Å²) >= 11 is 1.59. The Hall–Kier alpha value is -2.00. The summed E-state index contributed by atoms with van der Waals surface area (Å²) in [6.45, 7) is 0. The molecule has 1 nitrogen and oxygen atoms in total. The van der Waals surface area contributed by atoms with Crippen molar-refractivity contribution in [3.05, 3.63) is 66.5 Å². The van der Waals surface area contributed by atoms with Crippen molar-refractivity contribution in [2.24, 2.45) is 0 Å². The minimum atomic E-state index is -0.223. The van der Waals surface area contributed by atoms with E-state index in [1.165, 1.54) is 12.1 Å². The van der Waals surface area contributed by atoms with E-state index < -0.39 is 0 Å². The first-order valence-electron chi connectivity index (χ1n) is 6.27. The fourth-order valence-corrected chi connectivity index (χ4v) is 3.17. The lowest BCUT2D eigenvalue weighted by Crippen LogP contribution is -1.88. The van der Waals surface area contributed by atoms with Crippen LogP contribution in [0.5, 0.6) is 5.75 Å². The van der Waals surface area contributed by atoms with Crippen molar-refractivity contribution in [2.45, 2.75) is 9.79 Å². The maximum Gasteiger partial charge on any atom is 0.133 e. The van der Waals surface area contributed by atoms with Crippen LogP contribution in [-0.2, 0) is 0 Å². The van der Waals surface area contributed by atoms with Crippen LogP contribution in [0.1, 0.15) is 0 Å². The summed E-state index contributed by atoms with van der Waals surface area (Å²) in [5, 5.41) is 2.30. The molecule has 3 heteroatoms. The molecule has 0 bridgehead atoms. The summed E-state index contributed by atoms with van der Waals surface area (Å²) in [6, 6.07) is 18.7. The van der Waals surface area contributed by atoms with E-state index in [9.17, 15) is 4.39 Å². The maximum atomic E-state index is 13.0. The van der Waals surface area contributed by atoms with Gasteiger partial charge < -0.3 is 4.74 Å². The molecule has 0 aromatic heterocycles. The molecular formula is C17H13FOS. The molecule has 100 valence electrons. The van der Waals surface area contributed by atoms with Crippen LogP contribution in [0.25, 0.3) is 10.8 Å². The summed E-state index contributed by atoms with van der Waals surface area (Å²) in [5.74, 6) is 0.609. The van der Waals surface area contributed by atoms with Crippen LogP contribution in [0.2, 0.25) is 0 Å². The Morgan fingerprint density at radius 2 is 1.65 bits per heavy atom. The zero-order chi connectivity index (χ0) is 13.9. The van der Waals surface area contributed by atoms with Crippen molar-refractivity contribution < 1.29 is 9.13 Å². The van der Waals surface area contributed by atoms with Gasteiger partial charge in [-0.2, -0.15) is 0 Å². The predicted molar refractivity (Wildman–Crippen MR) is 81.0 cm³/mol. The first-order chi connectivity index (χ1) is 9.78. The van der Waals surface area contributed by atoms with E-state index in [-0.39, 0.29) is 5.82 Å². The second-order valence-electron chi connectivity index (χ2n) is 4.37. The fourth-order valence-electron chi connectivity index (χ4n) is 2.11. The summed E-state index contributed by atoms with van der Waals surface area (Å²) in [5.41, 5.74) is 0. The first kappa shape index (κ1) is 13.0. The summed E-state index contributed by atoms with van der Waals surface area (Å²) in [4.78, 5) is 2.04. The van der Waals surface area contributed by atoms with E-state index in [4.69, 9.17) is 4.74 Å². The van der Waals surface area contributed by atoms with Gasteiger partial charge in [0.05, 0.1) is 12.0 Å². The first-order valence-corrected chi connectivity index (χ1v) is 7.09. The molecule has 0 atom stereocenters. The molecule has 0 spiro atoms. The van der Waals surface area contributed by atoms with Crippen LogP contribution in [0.4, 0.5) is 4.39 Å². The lowest BCUT2D eigenvalue weighted by Gasteiger charge is -2.11. The van der Waals surface area contributed by atoms with Gasteiger partial charge in [0.15, 0.2) is 0 Å². The van der Waals surface area contributed by atoms with Crippen molar-refractivity contribution in [3.8, 4) is 5.75 Å². The van der Waals surface area contributed by atoms with Gasteiger partial charge in [-0.25, -0.2) is 4.39 Å². The van der Waals surface area contributed by atoms with Gasteiger partial charge in [0.1, 0.15) is 11.6 Å². The molecule has 0 unspecified atom stereocenters. The molecule has 3 aromatic carbocycles. The summed E-state index contributed by atoms with van der Waals surface area (Å²) in [7, 11) is 1.67. The molecule has 0 amide bonds. The van der Waals surface area contributed by atoms with Crippen LogP contribution in [0.3, 0.4) is 0 Å². The molecular weight excluding hydrogens is 271 g/mol. The molecule has 0 aliphatic carbocycles. The summed E-state index contributed by atoms with van der Waals surface area (Å²) in [6.07, 6.45) is 0. The molecule has 3 aromatic rings. The standard InChI is InChI=1S/C17H13FOS/c1-19-16-11-6-12-4-2-3-5-15(12)17(16)20-14-9-7-13(18)8-10-14/h2-11H,1H3. The largest absolute Gasteiger partial charge is 0.496 e. The third-order valence-electron chi connectivity index (χ3n) is 3.10. The van der Waals surface area contributed by atoms with E-state index in [1.54, 1.807) is 31.0 Å². The van der Waals surface area contributed by atoms with Crippen LogP contribution >= 0.6 is 11.8 Å². The number of methoxy groups -OCH3 is 1. The van der Waals surface area contributed by atoms with Crippen LogP contribution in [0.15, 0.2) is 70.5 Å². The minimum Gasteiger partial charge on any atom is -0.496 e. The predicted octanol–water partition coefficient (Wildman–Crippen LogP) is 5.14. The number of hydrogen-bond acceptors (Lipinski definition) is 2. The van der Waals surface area contributed by atoms with Gasteiger partial charge in [0.2, 0.25) is 0 Å². The molecule has 0 aliphatic rings.